The maximum atomic E-state index is 10.9. The zero-order chi connectivity index (χ0) is 12.2. The molecule has 0 heterocycles. The van der Waals surface area contributed by atoms with Crippen LogP contribution in [0.4, 0.5) is 0 Å². The second-order valence-electron chi connectivity index (χ2n) is 3.90. The first-order chi connectivity index (χ1) is 7.48. The summed E-state index contributed by atoms with van der Waals surface area (Å²) in [5, 5.41) is 0. The number of aryl methyl sites for hydroxylation is 2. The molecule has 90 valence electrons. The normalized spacial score (nSPS) is 11.8. The van der Waals surface area contributed by atoms with E-state index in [-0.39, 0.29) is 6.16 Å². The number of rotatable bonds is 5. The van der Waals surface area contributed by atoms with E-state index in [1.165, 1.54) is 11.1 Å². The Labute approximate surface area is 96.7 Å². The van der Waals surface area contributed by atoms with E-state index in [1.54, 1.807) is 0 Å². The molecule has 0 spiro atoms. The lowest BCUT2D eigenvalue weighted by Gasteiger charge is -2.12. The average Bonchev–Trinajstić information content (AvgIpc) is 2.24. The standard InChI is InChI=1S/C12H19O3P/c1-3-10-6-5-7-11(12(10)4-2)8-9-16(13,14)15/h5-7H,3-4,8-9H2,1-2H3,(H2,13,14,15). The molecule has 0 unspecified atom stereocenters. The molecule has 4 heteroatoms. The average molecular weight is 242 g/mol. The Bertz CT molecular complexity index is 395. The van der Waals surface area contributed by atoms with Gasteiger partial charge in [-0.05, 0) is 36.0 Å². The van der Waals surface area contributed by atoms with E-state index in [0.29, 0.717) is 6.42 Å². The second kappa shape index (κ2) is 5.62. The largest absolute Gasteiger partial charge is 0.325 e. The first kappa shape index (κ1) is 13.4. The van der Waals surface area contributed by atoms with Crippen molar-refractivity contribution in [1.82, 2.24) is 0 Å². The third kappa shape index (κ3) is 3.75. The SMILES string of the molecule is CCc1cccc(CCP(=O)(O)O)c1CC. The zero-order valence-electron chi connectivity index (χ0n) is 9.81. The highest BCUT2D eigenvalue weighted by molar-refractivity contribution is 7.51. The predicted molar refractivity (Wildman–Crippen MR) is 65.8 cm³/mol. The van der Waals surface area contributed by atoms with E-state index in [0.717, 1.165) is 18.4 Å². The minimum Gasteiger partial charge on any atom is -0.324 e. The molecule has 0 aliphatic rings. The molecule has 0 saturated heterocycles. The van der Waals surface area contributed by atoms with Gasteiger partial charge < -0.3 is 9.79 Å². The van der Waals surface area contributed by atoms with Crippen molar-refractivity contribution < 1.29 is 14.4 Å². The number of hydrogen-bond acceptors (Lipinski definition) is 1. The highest BCUT2D eigenvalue weighted by Gasteiger charge is 2.14. The lowest BCUT2D eigenvalue weighted by molar-refractivity contribution is 0.373. The van der Waals surface area contributed by atoms with Crippen LogP contribution in [0.15, 0.2) is 18.2 Å². The van der Waals surface area contributed by atoms with Gasteiger partial charge >= 0.3 is 7.60 Å². The molecule has 0 aliphatic carbocycles. The molecular weight excluding hydrogens is 223 g/mol. The molecule has 0 bridgehead atoms. The third-order valence-corrected chi connectivity index (χ3v) is 3.58. The van der Waals surface area contributed by atoms with Crippen molar-refractivity contribution in [1.29, 1.82) is 0 Å². The van der Waals surface area contributed by atoms with E-state index in [2.05, 4.69) is 19.9 Å². The van der Waals surface area contributed by atoms with Gasteiger partial charge in [-0.3, -0.25) is 4.57 Å². The van der Waals surface area contributed by atoms with Crippen LogP contribution in [0.1, 0.15) is 30.5 Å². The Hall–Kier alpha value is -0.630. The van der Waals surface area contributed by atoms with Crippen LogP contribution >= 0.6 is 7.60 Å². The van der Waals surface area contributed by atoms with Gasteiger partial charge in [-0.2, -0.15) is 0 Å². The molecular formula is C12H19O3P. The van der Waals surface area contributed by atoms with Gasteiger partial charge in [0.05, 0.1) is 6.16 Å². The highest BCUT2D eigenvalue weighted by Crippen LogP contribution is 2.35. The first-order valence-corrected chi connectivity index (χ1v) is 7.42. The monoisotopic (exact) mass is 242 g/mol. The van der Waals surface area contributed by atoms with Gasteiger partial charge in [0, 0.05) is 0 Å². The molecule has 1 aromatic carbocycles. The molecule has 0 fully saturated rings. The molecule has 0 amide bonds. The van der Waals surface area contributed by atoms with E-state index in [9.17, 15) is 4.57 Å². The molecule has 16 heavy (non-hydrogen) atoms. The fourth-order valence-corrected chi connectivity index (χ4v) is 2.51. The summed E-state index contributed by atoms with van der Waals surface area (Å²) in [6.45, 7) is 4.18. The van der Waals surface area contributed by atoms with Gasteiger partial charge in [0.1, 0.15) is 0 Å². The van der Waals surface area contributed by atoms with Crippen molar-refractivity contribution in [2.45, 2.75) is 33.1 Å². The van der Waals surface area contributed by atoms with Crippen LogP contribution in [0.3, 0.4) is 0 Å². The minimum atomic E-state index is -3.89. The van der Waals surface area contributed by atoms with Crippen molar-refractivity contribution in [3.63, 3.8) is 0 Å². The second-order valence-corrected chi connectivity index (χ2v) is 5.68. The molecule has 0 aliphatic heterocycles. The van der Waals surface area contributed by atoms with Crippen molar-refractivity contribution >= 4 is 7.60 Å². The summed E-state index contributed by atoms with van der Waals surface area (Å²) in [4.78, 5) is 17.8. The molecule has 0 atom stereocenters. The topological polar surface area (TPSA) is 57.5 Å². The van der Waals surface area contributed by atoms with Crippen molar-refractivity contribution in [3.8, 4) is 0 Å². The van der Waals surface area contributed by atoms with Gasteiger partial charge in [0.15, 0.2) is 0 Å². The van der Waals surface area contributed by atoms with Gasteiger partial charge in [-0.1, -0.05) is 32.0 Å². The minimum absolute atomic E-state index is 0.0623. The van der Waals surface area contributed by atoms with E-state index in [1.807, 2.05) is 12.1 Å². The van der Waals surface area contributed by atoms with Crippen LogP contribution in [0.2, 0.25) is 0 Å². The maximum Gasteiger partial charge on any atom is 0.325 e. The van der Waals surface area contributed by atoms with Crippen molar-refractivity contribution in [2.75, 3.05) is 6.16 Å². The molecule has 0 aromatic heterocycles. The van der Waals surface area contributed by atoms with Gasteiger partial charge in [0.25, 0.3) is 0 Å². The maximum absolute atomic E-state index is 10.9. The molecule has 3 nitrogen and oxygen atoms in total. The lowest BCUT2D eigenvalue weighted by atomic mass is 9.96. The Kier molecular flexibility index (Phi) is 4.72. The third-order valence-electron chi connectivity index (χ3n) is 2.78. The molecule has 1 rings (SSSR count). The smallest absolute Gasteiger partial charge is 0.324 e. The first-order valence-electron chi connectivity index (χ1n) is 5.62. The summed E-state index contributed by atoms with van der Waals surface area (Å²) in [7, 11) is -3.89. The summed E-state index contributed by atoms with van der Waals surface area (Å²) < 4.78 is 10.9. The molecule has 1 aromatic rings. The van der Waals surface area contributed by atoms with E-state index < -0.39 is 7.60 Å². The van der Waals surface area contributed by atoms with Crippen molar-refractivity contribution in [3.05, 3.63) is 34.9 Å². The van der Waals surface area contributed by atoms with E-state index >= 15 is 0 Å². The zero-order valence-corrected chi connectivity index (χ0v) is 10.7. The fraction of sp³-hybridized carbons (Fsp3) is 0.500. The van der Waals surface area contributed by atoms with Crippen LogP contribution < -0.4 is 0 Å². The van der Waals surface area contributed by atoms with Crippen LogP contribution in [-0.2, 0) is 23.8 Å². The summed E-state index contributed by atoms with van der Waals surface area (Å²) in [6, 6.07) is 6.01. The summed E-state index contributed by atoms with van der Waals surface area (Å²) >= 11 is 0. The van der Waals surface area contributed by atoms with E-state index in [4.69, 9.17) is 9.79 Å². The molecule has 0 saturated carbocycles. The Balaban J connectivity index is 2.91. The summed E-state index contributed by atoms with van der Waals surface area (Å²) in [6.07, 6.45) is 2.28. The van der Waals surface area contributed by atoms with Crippen LogP contribution in [0.5, 0.6) is 0 Å². The quantitative estimate of drug-likeness (QED) is 0.780. The van der Waals surface area contributed by atoms with Crippen molar-refractivity contribution in [2.24, 2.45) is 0 Å². The summed E-state index contributed by atoms with van der Waals surface area (Å²) in [5.74, 6) is 0. The fourth-order valence-electron chi connectivity index (χ4n) is 1.97. The van der Waals surface area contributed by atoms with Gasteiger partial charge in [0.2, 0.25) is 0 Å². The summed E-state index contributed by atoms with van der Waals surface area (Å²) in [5.41, 5.74) is 3.61. The predicted octanol–water partition coefficient (Wildman–Crippen LogP) is 2.53. The Morgan fingerprint density at radius 2 is 1.75 bits per heavy atom. The molecule has 0 radical (unpaired) electrons. The number of hydrogen-bond donors (Lipinski definition) is 2. The molecule has 2 N–H and O–H groups in total. The lowest BCUT2D eigenvalue weighted by Crippen LogP contribution is -2.01. The Morgan fingerprint density at radius 1 is 1.12 bits per heavy atom. The van der Waals surface area contributed by atoms with Crippen LogP contribution in [-0.4, -0.2) is 15.9 Å². The van der Waals surface area contributed by atoms with Crippen LogP contribution in [0.25, 0.3) is 0 Å². The Morgan fingerprint density at radius 3 is 2.25 bits per heavy atom. The van der Waals surface area contributed by atoms with Gasteiger partial charge in [-0.15, -0.1) is 0 Å². The highest BCUT2D eigenvalue weighted by atomic mass is 31.2. The number of benzene rings is 1. The van der Waals surface area contributed by atoms with Gasteiger partial charge in [-0.25, -0.2) is 0 Å². The van der Waals surface area contributed by atoms with Crippen LogP contribution in [0, 0.1) is 0 Å².